The van der Waals surface area contributed by atoms with E-state index in [-0.39, 0.29) is 10.8 Å². The summed E-state index contributed by atoms with van der Waals surface area (Å²) in [5.41, 5.74) is 0.522. The second-order valence-corrected chi connectivity index (χ2v) is 9.76. The van der Waals surface area contributed by atoms with Crippen LogP contribution in [0.2, 0.25) is 0 Å². The second kappa shape index (κ2) is 7.05. The molecule has 0 saturated heterocycles. The Morgan fingerprint density at radius 3 is 2.58 bits per heavy atom. The van der Waals surface area contributed by atoms with Crippen molar-refractivity contribution < 1.29 is 17.2 Å². The summed E-state index contributed by atoms with van der Waals surface area (Å²) in [7, 11) is -4.05. The Morgan fingerprint density at radius 2 is 1.92 bits per heavy atom. The maximum absolute atomic E-state index is 13.8. The van der Waals surface area contributed by atoms with E-state index in [0.717, 1.165) is 33.8 Å². The zero-order chi connectivity index (χ0) is 19.1. The van der Waals surface area contributed by atoms with E-state index >= 15 is 0 Å². The van der Waals surface area contributed by atoms with Crippen molar-refractivity contribution in [2.75, 3.05) is 4.72 Å². The van der Waals surface area contributed by atoms with Gasteiger partial charge in [-0.05, 0) is 31.0 Å². The second-order valence-electron chi connectivity index (χ2n) is 5.99. The highest BCUT2D eigenvalue weighted by Crippen LogP contribution is 2.36. The van der Waals surface area contributed by atoms with E-state index in [1.54, 1.807) is 6.92 Å². The van der Waals surface area contributed by atoms with Crippen LogP contribution in [0.3, 0.4) is 0 Å². The van der Waals surface area contributed by atoms with Crippen LogP contribution in [0.1, 0.15) is 30.3 Å². The Labute approximate surface area is 158 Å². The molecule has 0 fully saturated rings. The summed E-state index contributed by atoms with van der Waals surface area (Å²) in [4.78, 5) is 5.83. The number of hydrogen-bond acceptors (Lipinski definition) is 5. The van der Waals surface area contributed by atoms with Crippen LogP contribution in [0.4, 0.5) is 14.5 Å². The molecule has 0 aliphatic heterocycles. The van der Waals surface area contributed by atoms with Gasteiger partial charge in [0.1, 0.15) is 21.5 Å². The molecule has 138 valence electrons. The average molecular weight is 415 g/mol. The molecule has 0 saturated carbocycles. The number of aryl methyl sites for hydroxylation is 1. The SMILES string of the molecule is Cc1sc(-c2nc(C(C)C)cs2)cc1S(=O)(=O)Nc1cc(F)ccc1F. The fourth-order valence-electron chi connectivity index (χ4n) is 2.28. The average Bonchev–Trinajstić information content (AvgIpc) is 3.17. The molecule has 3 aromatic rings. The van der Waals surface area contributed by atoms with E-state index in [1.165, 1.54) is 28.7 Å². The lowest BCUT2D eigenvalue weighted by Gasteiger charge is -2.08. The highest BCUT2D eigenvalue weighted by atomic mass is 32.2. The van der Waals surface area contributed by atoms with Gasteiger partial charge >= 0.3 is 0 Å². The lowest BCUT2D eigenvalue weighted by atomic mass is 10.2. The van der Waals surface area contributed by atoms with Crippen LogP contribution in [0, 0.1) is 18.6 Å². The fourth-order valence-corrected chi connectivity index (χ4v) is 5.97. The Morgan fingerprint density at radius 1 is 1.19 bits per heavy atom. The van der Waals surface area contributed by atoms with Crippen molar-refractivity contribution in [1.82, 2.24) is 4.98 Å². The fraction of sp³-hybridized carbons (Fsp3) is 0.235. The normalized spacial score (nSPS) is 11.9. The standard InChI is InChI=1S/C17H16F2N2O2S3/c1-9(2)14-8-24-17(20-14)15-7-16(10(3)25-15)26(22,23)21-13-6-11(18)4-5-12(13)19/h4-9,21H,1-3H3. The highest BCUT2D eigenvalue weighted by Gasteiger charge is 2.23. The number of thiophene rings is 1. The molecule has 3 rings (SSSR count). The van der Waals surface area contributed by atoms with Crippen molar-refractivity contribution >= 4 is 38.4 Å². The summed E-state index contributed by atoms with van der Waals surface area (Å²) in [6.45, 7) is 5.74. The van der Waals surface area contributed by atoms with Gasteiger partial charge in [0, 0.05) is 16.3 Å². The summed E-state index contributed by atoms with van der Waals surface area (Å²) in [6.07, 6.45) is 0. The molecular weight excluding hydrogens is 398 g/mol. The molecule has 2 aromatic heterocycles. The molecule has 0 aliphatic rings. The first kappa shape index (κ1) is 18.9. The maximum Gasteiger partial charge on any atom is 0.263 e. The number of thiazole rings is 1. The maximum atomic E-state index is 13.8. The predicted octanol–water partition coefficient (Wildman–Crippen LogP) is 5.38. The molecule has 2 heterocycles. The Balaban J connectivity index is 1.95. The van der Waals surface area contributed by atoms with Crippen LogP contribution in [-0.2, 0) is 10.0 Å². The molecular formula is C17H16F2N2O2S3. The minimum Gasteiger partial charge on any atom is -0.277 e. The molecule has 0 atom stereocenters. The van der Waals surface area contributed by atoms with E-state index in [2.05, 4.69) is 9.71 Å². The summed E-state index contributed by atoms with van der Waals surface area (Å²) < 4.78 is 54.4. The molecule has 0 unspecified atom stereocenters. The first-order valence-electron chi connectivity index (χ1n) is 7.71. The Bertz CT molecular complexity index is 1060. The number of nitrogens with one attached hydrogen (secondary N) is 1. The van der Waals surface area contributed by atoms with Crippen LogP contribution in [0.5, 0.6) is 0 Å². The molecule has 0 bridgehead atoms. The lowest BCUT2D eigenvalue weighted by molar-refractivity contribution is 0.594. The van der Waals surface area contributed by atoms with E-state index < -0.39 is 27.3 Å². The van der Waals surface area contributed by atoms with Gasteiger partial charge in [0.15, 0.2) is 0 Å². The highest BCUT2D eigenvalue weighted by molar-refractivity contribution is 7.93. The minimum absolute atomic E-state index is 0.0301. The van der Waals surface area contributed by atoms with E-state index in [0.29, 0.717) is 4.88 Å². The number of anilines is 1. The molecule has 1 N–H and O–H groups in total. The third-order valence-electron chi connectivity index (χ3n) is 3.66. The van der Waals surface area contributed by atoms with Crippen LogP contribution in [0.15, 0.2) is 34.5 Å². The van der Waals surface area contributed by atoms with Crippen LogP contribution >= 0.6 is 22.7 Å². The first-order chi connectivity index (χ1) is 12.2. The molecule has 4 nitrogen and oxygen atoms in total. The van der Waals surface area contributed by atoms with Crippen molar-refractivity contribution in [3.8, 4) is 9.88 Å². The minimum atomic E-state index is -4.05. The van der Waals surface area contributed by atoms with Gasteiger partial charge in [-0.25, -0.2) is 22.2 Å². The van der Waals surface area contributed by atoms with E-state index in [1.807, 2.05) is 19.2 Å². The third kappa shape index (κ3) is 3.79. The molecule has 0 aliphatic carbocycles. The lowest BCUT2D eigenvalue weighted by Crippen LogP contribution is -2.14. The van der Waals surface area contributed by atoms with Gasteiger partial charge in [-0.2, -0.15) is 0 Å². The van der Waals surface area contributed by atoms with Crippen LogP contribution in [-0.4, -0.2) is 13.4 Å². The first-order valence-corrected chi connectivity index (χ1v) is 10.9. The molecule has 1 aromatic carbocycles. The smallest absolute Gasteiger partial charge is 0.263 e. The van der Waals surface area contributed by atoms with Gasteiger partial charge in [-0.1, -0.05) is 13.8 Å². The van der Waals surface area contributed by atoms with Crippen LogP contribution < -0.4 is 4.72 Å². The zero-order valence-corrected chi connectivity index (χ0v) is 16.7. The van der Waals surface area contributed by atoms with Crippen LogP contribution in [0.25, 0.3) is 9.88 Å². The third-order valence-corrected chi connectivity index (χ3v) is 7.36. The van der Waals surface area contributed by atoms with Crippen molar-refractivity contribution in [1.29, 1.82) is 0 Å². The van der Waals surface area contributed by atoms with Gasteiger partial charge in [-0.15, -0.1) is 22.7 Å². The number of hydrogen-bond donors (Lipinski definition) is 1. The summed E-state index contributed by atoms with van der Waals surface area (Å²) in [5, 5.41) is 2.68. The van der Waals surface area contributed by atoms with Gasteiger partial charge in [-0.3, -0.25) is 4.72 Å². The topological polar surface area (TPSA) is 59.1 Å². The molecule has 9 heteroatoms. The largest absolute Gasteiger partial charge is 0.277 e. The Hall–Kier alpha value is -1.84. The predicted molar refractivity (Wildman–Crippen MR) is 101 cm³/mol. The molecule has 0 radical (unpaired) electrons. The quantitative estimate of drug-likeness (QED) is 0.610. The monoisotopic (exact) mass is 414 g/mol. The van der Waals surface area contributed by atoms with Gasteiger partial charge in [0.2, 0.25) is 0 Å². The number of rotatable bonds is 5. The molecule has 26 heavy (non-hydrogen) atoms. The molecule has 0 spiro atoms. The summed E-state index contributed by atoms with van der Waals surface area (Å²) >= 11 is 2.74. The molecule has 0 amide bonds. The van der Waals surface area contributed by atoms with E-state index in [9.17, 15) is 17.2 Å². The van der Waals surface area contributed by atoms with Gasteiger partial charge < -0.3 is 0 Å². The number of halogens is 2. The summed E-state index contributed by atoms with van der Waals surface area (Å²) in [5.74, 6) is -1.29. The zero-order valence-electron chi connectivity index (χ0n) is 14.2. The number of aromatic nitrogens is 1. The van der Waals surface area contributed by atoms with Gasteiger partial charge in [0.25, 0.3) is 10.0 Å². The van der Waals surface area contributed by atoms with Crippen molar-refractivity contribution in [3.63, 3.8) is 0 Å². The van der Waals surface area contributed by atoms with Gasteiger partial charge in [0.05, 0.1) is 16.3 Å². The number of benzene rings is 1. The van der Waals surface area contributed by atoms with E-state index in [4.69, 9.17) is 0 Å². The Kier molecular flexibility index (Phi) is 5.14. The summed E-state index contributed by atoms with van der Waals surface area (Å²) in [6, 6.07) is 4.13. The number of sulfonamides is 1. The van der Waals surface area contributed by atoms with Crippen molar-refractivity contribution in [3.05, 3.63) is 51.9 Å². The number of nitrogens with zero attached hydrogens (tertiary/aromatic N) is 1. The van der Waals surface area contributed by atoms with Crippen molar-refractivity contribution in [2.24, 2.45) is 0 Å². The van der Waals surface area contributed by atoms with Crippen molar-refractivity contribution in [2.45, 2.75) is 31.6 Å².